The van der Waals surface area contributed by atoms with Crippen molar-refractivity contribution in [3.63, 3.8) is 0 Å². The van der Waals surface area contributed by atoms with Crippen LogP contribution in [0.3, 0.4) is 0 Å². The Morgan fingerprint density at radius 1 is 1.36 bits per heavy atom. The van der Waals surface area contributed by atoms with E-state index in [1.54, 1.807) is 5.75 Å². The molecule has 0 aromatic carbocycles. The largest absolute Gasteiger partial charge is 0.241 e. The molecule has 11 heavy (non-hydrogen) atoms. The predicted molar refractivity (Wildman–Crippen MR) is 56.8 cm³/mol. The lowest BCUT2D eigenvalue weighted by Crippen LogP contribution is -2.12. The third kappa shape index (κ3) is 1.93. The first-order valence-electron chi connectivity index (χ1n) is 4.81. The minimum Gasteiger partial charge on any atom is -0.241 e. The van der Waals surface area contributed by atoms with Crippen LogP contribution in [0.4, 0.5) is 0 Å². The van der Waals surface area contributed by atoms with Crippen LogP contribution >= 0.6 is 10.0 Å². The molecule has 1 heterocycles. The Morgan fingerprint density at radius 2 is 2.00 bits per heavy atom. The monoisotopic (exact) mass is 174 g/mol. The summed E-state index contributed by atoms with van der Waals surface area (Å²) in [5.41, 5.74) is 0. The van der Waals surface area contributed by atoms with E-state index in [4.69, 9.17) is 0 Å². The first-order chi connectivity index (χ1) is 5.08. The van der Waals surface area contributed by atoms with Crippen LogP contribution in [0, 0.1) is 5.92 Å². The van der Waals surface area contributed by atoms with Gasteiger partial charge in [-0.15, -0.1) is 0 Å². The molecule has 0 aliphatic carbocycles. The molecule has 0 nitrogen and oxygen atoms in total. The van der Waals surface area contributed by atoms with Crippen LogP contribution < -0.4 is 0 Å². The van der Waals surface area contributed by atoms with Crippen LogP contribution in [-0.4, -0.2) is 23.0 Å². The molecule has 0 spiro atoms. The number of hydrogen-bond donors (Lipinski definition) is 0. The van der Waals surface area contributed by atoms with Crippen LogP contribution in [0.25, 0.3) is 0 Å². The van der Waals surface area contributed by atoms with Crippen molar-refractivity contribution in [1.82, 2.24) is 0 Å². The summed E-state index contributed by atoms with van der Waals surface area (Å²) in [6.07, 6.45) is 5.44. The van der Waals surface area contributed by atoms with Gasteiger partial charge in [-0.25, -0.2) is 10.0 Å². The number of rotatable bonds is 2. The van der Waals surface area contributed by atoms with Gasteiger partial charge in [-0.05, 0) is 41.8 Å². The lowest BCUT2D eigenvalue weighted by molar-refractivity contribution is 0.626. The molecule has 0 saturated carbocycles. The van der Waals surface area contributed by atoms with E-state index in [1.807, 2.05) is 0 Å². The molecule has 0 aromatic heterocycles. The van der Waals surface area contributed by atoms with Crippen LogP contribution in [-0.2, 0) is 0 Å². The average Bonchev–Trinajstić information content (AvgIpc) is 2.08. The predicted octanol–water partition coefficient (Wildman–Crippen LogP) is 3.26. The summed E-state index contributed by atoms with van der Waals surface area (Å²) in [6.45, 7) is 7.22. The molecular weight excluding hydrogens is 152 g/mol. The zero-order chi connectivity index (χ0) is 8.48. The standard InChI is InChI=1S/C10H22S/c1-5-6-11(4)8-9(2)7-10(11)3/h9-10H,5-8H2,1-4H3. The summed E-state index contributed by atoms with van der Waals surface area (Å²) < 4.78 is 0. The smallest absolute Gasteiger partial charge is 0.0140 e. The van der Waals surface area contributed by atoms with E-state index in [-0.39, 0.29) is 10.0 Å². The maximum Gasteiger partial charge on any atom is -0.0140 e. The van der Waals surface area contributed by atoms with E-state index >= 15 is 0 Å². The Hall–Kier alpha value is 0.350. The number of hydrogen-bond acceptors (Lipinski definition) is 0. The topological polar surface area (TPSA) is 0 Å². The molecule has 1 heteroatoms. The Kier molecular flexibility index (Phi) is 2.90. The van der Waals surface area contributed by atoms with Gasteiger partial charge in [0.1, 0.15) is 0 Å². The van der Waals surface area contributed by atoms with Crippen LogP contribution in [0.5, 0.6) is 0 Å². The van der Waals surface area contributed by atoms with Gasteiger partial charge in [0.05, 0.1) is 0 Å². The van der Waals surface area contributed by atoms with E-state index in [9.17, 15) is 0 Å². The Labute approximate surface area is 73.1 Å². The summed E-state index contributed by atoms with van der Waals surface area (Å²) in [7, 11) is -0.182. The highest BCUT2D eigenvalue weighted by Gasteiger charge is 2.33. The molecule has 0 bridgehead atoms. The highest BCUT2D eigenvalue weighted by Crippen LogP contribution is 2.58. The molecule has 1 saturated heterocycles. The summed E-state index contributed by atoms with van der Waals surface area (Å²) >= 11 is 0. The summed E-state index contributed by atoms with van der Waals surface area (Å²) in [4.78, 5) is 0. The lowest BCUT2D eigenvalue weighted by Gasteiger charge is -2.35. The second kappa shape index (κ2) is 3.38. The van der Waals surface area contributed by atoms with Gasteiger partial charge in [-0.1, -0.05) is 20.8 Å². The molecule has 3 atom stereocenters. The zero-order valence-electron chi connectivity index (χ0n) is 8.39. The van der Waals surface area contributed by atoms with Crippen molar-refractivity contribution in [2.45, 2.75) is 38.9 Å². The molecule has 1 fully saturated rings. The molecule has 1 aliphatic heterocycles. The first-order valence-corrected chi connectivity index (χ1v) is 7.25. The van der Waals surface area contributed by atoms with Gasteiger partial charge in [0, 0.05) is 0 Å². The highest BCUT2D eigenvalue weighted by atomic mass is 32.3. The van der Waals surface area contributed by atoms with Crippen molar-refractivity contribution >= 4 is 10.0 Å². The Morgan fingerprint density at radius 3 is 2.36 bits per heavy atom. The molecular formula is C10H22S. The third-order valence-corrected chi connectivity index (χ3v) is 7.85. The van der Waals surface area contributed by atoms with Crippen LogP contribution in [0.2, 0.25) is 0 Å². The quantitative estimate of drug-likeness (QED) is 0.603. The van der Waals surface area contributed by atoms with Crippen molar-refractivity contribution in [3.8, 4) is 0 Å². The van der Waals surface area contributed by atoms with E-state index in [1.165, 1.54) is 18.6 Å². The van der Waals surface area contributed by atoms with Crippen molar-refractivity contribution in [1.29, 1.82) is 0 Å². The molecule has 0 radical (unpaired) electrons. The third-order valence-electron chi connectivity index (χ3n) is 3.04. The molecule has 1 aliphatic rings. The molecule has 0 aromatic rings. The van der Waals surface area contributed by atoms with E-state index in [0.717, 1.165) is 11.2 Å². The minimum absolute atomic E-state index is 0.182. The SMILES string of the molecule is CCCS1(C)CC(C)CC1C. The van der Waals surface area contributed by atoms with Crippen molar-refractivity contribution < 1.29 is 0 Å². The van der Waals surface area contributed by atoms with E-state index in [2.05, 4.69) is 27.0 Å². The maximum atomic E-state index is 2.56. The Balaban J connectivity index is 2.55. The fourth-order valence-electron chi connectivity index (χ4n) is 2.43. The molecule has 68 valence electrons. The van der Waals surface area contributed by atoms with Gasteiger partial charge in [0.2, 0.25) is 0 Å². The van der Waals surface area contributed by atoms with Crippen LogP contribution in [0.1, 0.15) is 33.6 Å². The van der Waals surface area contributed by atoms with Crippen molar-refractivity contribution in [2.24, 2.45) is 5.92 Å². The summed E-state index contributed by atoms with van der Waals surface area (Å²) in [5.74, 6) is 4.07. The van der Waals surface area contributed by atoms with Gasteiger partial charge >= 0.3 is 0 Å². The summed E-state index contributed by atoms with van der Waals surface area (Å²) in [6, 6.07) is 0. The fourth-order valence-corrected chi connectivity index (χ4v) is 6.49. The zero-order valence-corrected chi connectivity index (χ0v) is 9.21. The normalized spacial score (nSPS) is 50.5. The lowest BCUT2D eigenvalue weighted by atomic mass is 10.1. The fraction of sp³-hybridized carbons (Fsp3) is 1.00. The van der Waals surface area contributed by atoms with Gasteiger partial charge in [0.15, 0.2) is 0 Å². The van der Waals surface area contributed by atoms with Gasteiger partial charge in [0.25, 0.3) is 0 Å². The van der Waals surface area contributed by atoms with E-state index in [0.29, 0.717) is 0 Å². The average molecular weight is 174 g/mol. The minimum atomic E-state index is -0.182. The molecule has 0 N–H and O–H groups in total. The van der Waals surface area contributed by atoms with Crippen molar-refractivity contribution in [2.75, 3.05) is 17.8 Å². The molecule has 1 rings (SSSR count). The van der Waals surface area contributed by atoms with Gasteiger partial charge < -0.3 is 0 Å². The highest BCUT2D eigenvalue weighted by molar-refractivity contribution is 8.33. The van der Waals surface area contributed by atoms with Gasteiger partial charge in [-0.3, -0.25) is 0 Å². The second-order valence-electron chi connectivity index (χ2n) is 4.37. The van der Waals surface area contributed by atoms with Crippen molar-refractivity contribution in [3.05, 3.63) is 0 Å². The second-order valence-corrected chi connectivity index (χ2v) is 8.62. The maximum absolute atomic E-state index is 2.56. The summed E-state index contributed by atoms with van der Waals surface area (Å²) in [5, 5.41) is 1.04. The molecule has 0 amide bonds. The Bertz CT molecular complexity index is 133. The van der Waals surface area contributed by atoms with Crippen LogP contribution in [0.15, 0.2) is 0 Å². The first kappa shape index (κ1) is 9.44. The van der Waals surface area contributed by atoms with Gasteiger partial charge in [-0.2, -0.15) is 0 Å². The van der Waals surface area contributed by atoms with E-state index < -0.39 is 0 Å². The molecule has 3 unspecified atom stereocenters.